The van der Waals surface area contributed by atoms with E-state index in [0.29, 0.717) is 17.7 Å². The second-order valence-electron chi connectivity index (χ2n) is 6.34. The zero-order valence-corrected chi connectivity index (χ0v) is 16.3. The maximum atomic E-state index is 11.7. The molecular weight excluding hydrogens is 346 g/mol. The number of hydrazone groups is 1. The molecule has 0 heterocycles. The van der Waals surface area contributed by atoms with Gasteiger partial charge in [-0.1, -0.05) is 51.5 Å². The van der Waals surface area contributed by atoms with Crippen molar-refractivity contribution in [2.45, 2.75) is 58.3 Å². The highest BCUT2D eigenvalue weighted by Crippen LogP contribution is 2.27. The SMILES string of the molecule is CCCCCCCCCC(=O)NCC(=O)N/N=C/c1cccc(OC)c1O. The molecular formula is C20H31N3O4. The quantitative estimate of drug-likeness (QED) is 0.279. The number of hydrogen-bond acceptors (Lipinski definition) is 5. The first kappa shape index (κ1) is 22.5. The van der Waals surface area contributed by atoms with Crippen LogP contribution in [0.4, 0.5) is 0 Å². The van der Waals surface area contributed by atoms with Crippen molar-refractivity contribution in [1.82, 2.24) is 10.7 Å². The largest absolute Gasteiger partial charge is 0.504 e. The Balaban J connectivity index is 2.19. The Morgan fingerprint density at radius 3 is 2.52 bits per heavy atom. The van der Waals surface area contributed by atoms with Crippen molar-refractivity contribution in [2.75, 3.05) is 13.7 Å². The van der Waals surface area contributed by atoms with Gasteiger partial charge in [0.05, 0.1) is 19.9 Å². The molecule has 1 aromatic rings. The maximum Gasteiger partial charge on any atom is 0.259 e. The highest BCUT2D eigenvalue weighted by atomic mass is 16.5. The molecule has 1 rings (SSSR count). The van der Waals surface area contributed by atoms with Crippen LogP contribution in [0.3, 0.4) is 0 Å². The lowest BCUT2D eigenvalue weighted by Gasteiger charge is -2.06. The third-order valence-electron chi connectivity index (χ3n) is 4.10. The van der Waals surface area contributed by atoms with Crippen LogP contribution >= 0.6 is 0 Å². The Morgan fingerprint density at radius 1 is 1.11 bits per heavy atom. The first-order valence-electron chi connectivity index (χ1n) is 9.53. The van der Waals surface area contributed by atoms with E-state index in [-0.39, 0.29) is 18.2 Å². The third kappa shape index (κ3) is 9.63. The van der Waals surface area contributed by atoms with Gasteiger partial charge in [-0.05, 0) is 18.6 Å². The standard InChI is InChI=1S/C20H31N3O4/c1-3-4-5-6-7-8-9-13-18(24)21-15-19(25)23-22-14-16-11-10-12-17(27-2)20(16)26/h10-12,14,26H,3-9,13,15H2,1-2H3,(H,21,24)(H,23,25)/b22-14+. The van der Waals surface area contributed by atoms with E-state index in [9.17, 15) is 14.7 Å². The molecule has 7 nitrogen and oxygen atoms in total. The van der Waals surface area contributed by atoms with Gasteiger partial charge in [0.1, 0.15) is 0 Å². The number of ether oxygens (including phenoxy) is 1. The van der Waals surface area contributed by atoms with Crippen LogP contribution in [0.5, 0.6) is 11.5 Å². The van der Waals surface area contributed by atoms with Crippen molar-refractivity contribution in [3.05, 3.63) is 23.8 Å². The highest BCUT2D eigenvalue weighted by Gasteiger charge is 2.06. The Bertz CT molecular complexity index is 617. The molecule has 0 fully saturated rings. The summed E-state index contributed by atoms with van der Waals surface area (Å²) >= 11 is 0. The van der Waals surface area contributed by atoms with E-state index in [4.69, 9.17) is 4.74 Å². The number of phenols is 1. The predicted octanol–water partition coefficient (Wildman–Crippen LogP) is 3.11. The van der Waals surface area contributed by atoms with Crippen molar-refractivity contribution >= 4 is 18.0 Å². The average Bonchev–Trinajstić information content (AvgIpc) is 2.67. The maximum absolute atomic E-state index is 11.7. The summed E-state index contributed by atoms with van der Waals surface area (Å²) in [4.78, 5) is 23.4. The van der Waals surface area contributed by atoms with E-state index in [2.05, 4.69) is 22.8 Å². The molecule has 2 amide bonds. The van der Waals surface area contributed by atoms with Gasteiger partial charge in [-0.3, -0.25) is 9.59 Å². The summed E-state index contributed by atoms with van der Waals surface area (Å²) < 4.78 is 5.00. The van der Waals surface area contributed by atoms with Crippen LogP contribution in [0.1, 0.15) is 63.9 Å². The molecule has 3 N–H and O–H groups in total. The normalized spacial score (nSPS) is 10.7. The molecule has 150 valence electrons. The summed E-state index contributed by atoms with van der Waals surface area (Å²) in [5, 5.41) is 16.3. The van der Waals surface area contributed by atoms with Gasteiger partial charge in [0.15, 0.2) is 11.5 Å². The summed E-state index contributed by atoms with van der Waals surface area (Å²) in [6.45, 7) is 2.06. The number of nitrogens with one attached hydrogen (secondary N) is 2. The summed E-state index contributed by atoms with van der Waals surface area (Å²) in [5.41, 5.74) is 2.73. The first-order valence-corrected chi connectivity index (χ1v) is 9.53. The van der Waals surface area contributed by atoms with E-state index in [1.807, 2.05) is 0 Å². The van der Waals surface area contributed by atoms with Crippen LogP contribution in [0.2, 0.25) is 0 Å². The van der Waals surface area contributed by atoms with Crippen molar-refractivity contribution in [2.24, 2.45) is 5.10 Å². The Morgan fingerprint density at radius 2 is 1.81 bits per heavy atom. The molecule has 0 aliphatic rings. The van der Waals surface area contributed by atoms with Gasteiger partial charge < -0.3 is 15.2 Å². The molecule has 0 atom stereocenters. The van der Waals surface area contributed by atoms with Crippen LogP contribution in [-0.4, -0.2) is 36.8 Å². The van der Waals surface area contributed by atoms with E-state index in [1.54, 1.807) is 18.2 Å². The Hall–Kier alpha value is -2.57. The summed E-state index contributed by atoms with van der Waals surface area (Å²) in [6.07, 6.45) is 9.77. The lowest BCUT2D eigenvalue weighted by atomic mass is 10.1. The van der Waals surface area contributed by atoms with Crippen LogP contribution in [0.25, 0.3) is 0 Å². The number of amides is 2. The lowest BCUT2D eigenvalue weighted by Crippen LogP contribution is -2.34. The van der Waals surface area contributed by atoms with Gasteiger partial charge in [0.2, 0.25) is 5.91 Å². The third-order valence-corrected chi connectivity index (χ3v) is 4.10. The van der Waals surface area contributed by atoms with E-state index in [0.717, 1.165) is 19.3 Å². The molecule has 0 radical (unpaired) electrons. The molecule has 0 bridgehead atoms. The van der Waals surface area contributed by atoms with Crippen LogP contribution in [0, 0.1) is 0 Å². The summed E-state index contributed by atoms with van der Waals surface area (Å²) in [7, 11) is 1.45. The fourth-order valence-electron chi connectivity index (χ4n) is 2.53. The Kier molecular flexibility index (Phi) is 11.3. The highest BCUT2D eigenvalue weighted by molar-refractivity contribution is 5.88. The molecule has 0 aliphatic heterocycles. The zero-order valence-electron chi connectivity index (χ0n) is 16.3. The van der Waals surface area contributed by atoms with E-state index < -0.39 is 5.91 Å². The smallest absolute Gasteiger partial charge is 0.259 e. The van der Waals surface area contributed by atoms with Gasteiger partial charge in [-0.25, -0.2) is 5.43 Å². The van der Waals surface area contributed by atoms with Gasteiger partial charge in [0, 0.05) is 12.0 Å². The van der Waals surface area contributed by atoms with Crippen LogP contribution in [0.15, 0.2) is 23.3 Å². The molecule has 0 saturated carbocycles. The second-order valence-corrected chi connectivity index (χ2v) is 6.34. The van der Waals surface area contributed by atoms with Gasteiger partial charge in [0.25, 0.3) is 5.91 Å². The van der Waals surface area contributed by atoms with Gasteiger partial charge >= 0.3 is 0 Å². The molecule has 27 heavy (non-hydrogen) atoms. The number of carbonyl (C=O) groups is 2. The van der Waals surface area contributed by atoms with Crippen molar-refractivity contribution < 1.29 is 19.4 Å². The number of hydrogen-bond donors (Lipinski definition) is 3. The number of aromatic hydroxyl groups is 1. The molecule has 0 aromatic heterocycles. The number of nitrogens with zero attached hydrogens (tertiary/aromatic N) is 1. The minimum Gasteiger partial charge on any atom is -0.504 e. The average molecular weight is 377 g/mol. The van der Waals surface area contributed by atoms with E-state index >= 15 is 0 Å². The monoisotopic (exact) mass is 377 g/mol. The predicted molar refractivity (Wildman–Crippen MR) is 106 cm³/mol. The minimum atomic E-state index is -0.429. The fourth-order valence-corrected chi connectivity index (χ4v) is 2.53. The van der Waals surface area contributed by atoms with Crippen LogP contribution in [-0.2, 0) is 9.59 Å². The van der Waals surface area contributed by atoms with Crippen LogP contribution < -0.4 is 15.5 Å². The fraction of sp³-hybridized carbons (Fsp3) is 0.550. The molecule has 0 unspecified atom stereocenters. The number of unbranched alkanes of at least 4 members (excludes halogenated alkanes) is 6. The molecule has 1 aromatic carbocycles. The number of para-hydroxylation sites is 1. The van der Waals surface area contributed by atoms with E-state index in [1.165, 1.54) is 39.0 Å². The van der Waals surface area contributed by atoms with Crippen molar-refractivity contribution in [1.29, 1.82) is 0 Å². The number of carbonyl (C=O) groups excluding carboxylic acids is 2. The summed E-state index contributed by atoms with van der Waals surface area (Å²) in [6, 6.07) is 4.95. The lowest BCUT2D eigenvalue weighted by molar-refractivity contribution is -0.126. The second kappa shape index (κ2) is 13.6. The topological polar surface area (TPSA) is 100 Å². The van der Waals surface area contributed by atoms with Gasteiger partial charge in [-0.2, -0.15) is 5.10 Å². The molecule has 0 spiro atoms. The molecule has 7 heteroatoms. The van der Waals surface area contributed by atoms with Gasteiger partial charge in [-0.15, -0.1) is 0 Å². The zero-order chi connectivity index (χ0) is 19.9. The number of benzene rings is 1. The summed E-state index contributed by atoms with van der Waals surface area (Å²) in [5.74, 6) is -0.293. The number of methoxy groups -OCH3 is 1. The Labute approximate surface area is 161 Å². The first-order chi connectivity index (χ1) is 13.1. The molecule has 0 aliphatic carbocycles. The number of phenolic OH excluding ortho intramolecular Hbond substituents is 1. The molecule has 0 saturated heterocycles. The van der Waals surface area contributed by atoms with Crippen molar-refractivity contribution in [3.8, 4) is 11.5 Å². The minimum absolute atomic E-state index is 0.0546. The number of rotatable bonds is 13. The van der Waals surface area contributed by atoms with Crippen molar-refractivity contribution in [3.63, 3.8) is 0 Å².